The Morgan fingerprint density at radius 1 is 1.15 bits per heavy atom. The smallest absolute Gasteiger partial charge is 0.275 e. The van der Waals surface area contributed by atoms with E-state index >= 15 is 0 Å². The van der Waals surface area contributed by atoms with Gasteiger partial charge in [-0.2, -0.15) is 5.10 Å². The number of β-amino-alcohol motifs (C(OH)–C–C–N with tert-alkyl or cyclic N) is 1. The van der Waals surface area contributed by atoms with Crippen LogP contribution in [0.25, 0.3) is 11.0 Å². The van der Waals surface area contributed by atoms with Crippen molar-refractivity contribution >= 4 is 42.3 Å². The van der Waals surface area contributed by atoms with Crippen molar-refractivity contribution in [2.24, 2.45) is 0 Å². The first-order valence-electron chi connectivity index (χ1n) is 15.7. The highest BCUT2D eigenvalue weighted by molar-refractivity contribution is 6.76. The lowest BCUT2D eigenvalue weighted by atomic mass is 10.0. The Kier molecular flexibility index (Phi) is 8.98. The van der Waals surface area contributed by atoms with Gasteiger partial charge in [0.2, 0.25) is 0 Å². The van der Waals surface area contributed by atoms with Crippen molar-refractivity contribution in [2.75, 3.05) is 41.4 Å². The Morgan fingerprint density at radius 2 is 1.96 bits per heavy atom. The van der Waals surface area contributed by atoms with Crippen LogP contribution in [-0.2, 0) is 11.5 Å². The highest BCUT2D eigenvalue weighted by Gasteiger charge is 2.38. The molecule has 250 valence electrons. The van der Waals surface area contributed by atoms with E-state index in [1.54, 1.807) is 22.6 Å². The number of halogens is 3. The van der Waals surface area contributed by atoms with Gasteiger partial charge in [0.25, 0.3) is 5.91 Å². The van der Waals surface area contributed by atoms with Crippen LogP contribution in [0.1, 0.15) is 41.9 Å². The Labute approximate surface area is 271 Å². The van der Waals surface area contributed by atoms with Gasteiger partial charge >= 0.3 is 0 Å². The van der Waals surface area contributed by atoms with Crippen molar-refractivity contribution < 1.29 is 27.8 Å². The summed E-state index contributed by atoms with van der Waals surface area (Å²) in [6.07, 6.45) is 3.60. The monoisotopic (exact) mass is 668 g/mol. The molecular formula is C32H39F3N8O3Si. The number of anilines is 3. The maximum atomic E-state index is 15.0. The maximum absolute atomic E-state index is 15.0. The summed E-state index contributed by atoms with van der Waals surface area (Å²) in [4.78, 5) is 29.9. The third kappa shape index (κ3) is 7.41. The minimum absolute atomic E-state index is 0.0382. The van der Waals surface area contributed by atoms with Gasteiger partial charge in [-0.3, -0.25) is 4.79 Å². The number of amides is 1. The minimum Gasteiger partial charge on any atom is -0.388 e. The SMILES string of the molecule is CC1(O)CCN(c2cnc(C(=O)Nc3cnc4c(c3)c(N3C[C@@H](F)C[C@@H]3c3cc(F)ccc3F)nn4COCC[Si](C)(C)C)cn2)C1. The zero-order valence-corrected chi connectivity index (χ0v) is 27.9. The van der Waals surface area contributed by atoms with Gasteiger partial charge in [-0.05, 0) is 43.7 Å². The average molecular weight is 669 g/mol. The van der Waals surface area contributed by atoms with Gasteiger partial charge in [0, 0.05) is 39.8 Å². The van der Waals surface area contributed by atoms with Crippen LogP contribution in [0.2, 0.25) is 25.7 Å². The lowest BCUT2D eigenvalue weighted by molar-refractivity contribution is 0.0813. The second-order valence-electron chi connectivity index (χ2n) is 13.8. The topological polar surface area (TPSA) is 122 Å². The van der Waals surface area contributed by atoms with Gasteiger partial charge in [0.05, 0.1) is 47.9 Å². The largest absolute Gasteiger partial charge is 0.388 e. The van der Waals surface area contributed by atoms with Crippen LogP contribution in [0.3, 0.4) is 0 Å². The summed E-state index contributed by atoms with van der Waals surface area (Å²) >= 11 is 0. The predicted molar refractivity (Wildman–Crippen MR) is 175 cm³/mol. The third-order valence-corrected chi connectivity index (χ3v) is 10.2. The fraction of sp³-hybridized carbons (Fsp3) is 0.469. The number of aliphatic hydroxyl groups is 1. The summed E-state index contributed by atoms with van der Waals surface area (Å²) in [5, 5.41) is 18.3. The second-order valence-corrected chi connectivity index (χ2v) is 19.4. The van der Waals surface area contributed by atoms with E-state index in [1.807, 2.05) is 4.90 Å². The molecule has 0 aliphatic carbocycles. The second kappa shape index (κ2) is 12.8. The van der Waals surface area contributed by atoms with E-state index in [4.69, 9.17) is 9.84 Å². The molecule has 11 nitrogen and oxygen atoms in total. The molecule has 3 atom stereocenters. The molecule has 2 saturated heterocycles. The van der Waals surface area contributed by atoms with Crippen LogP contribution in [0.5, 0.6) is 0 Å². The third-order valence-electron chi connectivity index (χ3n) is 8.52. The maximum Gasteiger partial charge on any atom is 0.275 e. The molecular weight excluding hydrogens is 629 g/mol. The van der Waals surface area contributed by atoms with Crippen LogP contribution in [0.4, 0.5) is 30.5 Å². The van der Waals surface area contributed by atoms with Crippen molar-refractivity contribution in [3.63, 3.8) is 0 Å². The first-order valence-corrected chi connectivity index (χ1v) is 19.4. The summed E-state index contributed by atoms with van der Waals surface area (Å²) in [5.74, 6) is -0.899. The number of aromatic nitrogens is 5. The standard InChI is InChI=1S/C32H39F3N8O3Si/c1-32(45)7-8-41(18-32)28-16-36-26(15-37-28)31(44)39-22-13-24-29(38-14-22)43(19-46-9-10-47(2,3)4)40-30(24)42-17-21(34)12-27(42)23-11-20(33)5-6-25(23)35/h5-6,11,13-16,21,27,45H,7-10,12,17-19H2,1-4H3,(H,39,44)/t21-,27+,32?/m0/s1. The van der Waals surface area contributed by atoms with E-state index in [0.717, 1.165) is 24.2 Å². The zero-order valence-electron chi connectivity index (χ0n) is 26.9. The quantitative estimate of drug-likeness (QED) is 0.171. The molecule has 2 aliphatic rings. The fourth-order valence-electron chi connectivity index (χ4n) is 5.96. The molecule has 0 spiro atoms. The average Bonchev–Trinajstić information content (AvgIpc) is 3.69. The first-order chi connectivity index (χ1) is 22.3. The molecule has 1 amide bonds. The Hall–Kier alpha value is -4.08. The summed E-state index contributed by atoms with van der Waals surface area (Å²) in [6.45, 7) is 10.1. The van der Waals surface area contributed by atoms with Crippen LogP contribution in [0, 0.1) is 11.6 Å². The number of rotatable bonds is 10. The normalized spacial score (nSPS) is 21.6. The number of nitrogens with one attached hydrogen (secondary N) is 1. The molecule has 2 fully saturated rings. The molecule has 0 bridgehead atoms. The molecule has 0 radical (unpaired) electrons. The van der Waals surface area contributed by atoms with E-state index < -0.39 is 43.4 Å². The van der Waals surface area contributed by atoms with Gasteiger partial charge in [-0.25, -0.2) is 32.8 Å². The Morgan fingerprint density at radius 3 is 2.66 bits per heavy atom. The van der Waals surface area contributed by atoms with Crippen molar-refractivity contribution in [2.45, 2.75) is 70.0 Å². The summed E-state index contributed by atoms with van der Waals surface area (Å²) < 4.78 is 51.6. The van der Waals surface area contributed by atoms with Crippen LogP contribution < -0.4 is 15.1 Å². The van der Waals surface area contributed by atoms with E-state index in [-0.39, 0.29) is 31.0 Å². The summed E-state index contributed by atoms with van der Waals surface area (Å²) in [7, 11) is -1.35. The van der Waals surface area contributed by atoms with Gasteiger partial charge in [0.1, 0.15) is 36.0 Å². The highest BCUT2D eigenvalue weighted by Crippen LogP contribution is 2.41. The van der Waals surface area contributed by atoms with Crippen LogP contribution in [-0.4, -0.2) is 81.8 Å². The molecule has 1 aromatic carbocycles. The van der Waals surface area contributed by atoms with Gasteiger partial charge in [-0.1, -0.05) is 19.6 Å². The fourth-order valence-corrected chi connectivity index (χ4v) is 6.72. The number of pyridine rings is 1. The van der Waals surface area contributed by atoms with Crippen molar-refractivity contribution in [3.05, 3.63) is 65.7 Å². The summed E-state index contributed by atoms with van der Waals surface area (Å²) in [5.41, 5.74) is 0.0671. The Bertz CT molecular complexity index is 1770. The van der Waals surface area contributed by atoms with E-state index in [1.165, 1.54) is 18.6 Å². The van der Waals surface area contributed by atoms with Gasteiger partial charge in [-0.15, -0.1) is 0 Å². The molecule has 2 aliphatic heterocycles. The number of ether oxygens (including phenoxy) is 1. The van der Waals surface area contributed by atoms with Crippen LogP contribution in [0.15, 0.2) is 42.9 Å². The van der Waals surface area contributed by atoms with Crippen molar-refractivity contribution in [1.82, 2.24) is 24.7 Å². The molecule has 1 unspecified atom stereocenters. The first kappa shape index (κ1) is 32.8. The molecule has 4 aromatic rings. The molecule has 2 N–H and O–H groups in total. The van der Waals surface area contributed by atoms with E-state index in [9.17, 15) is 23.1 Å². The minimum atomic E-state index is -1.35. The van der Waals surface area contributed by atoms with E-state index in [2.05, 4.69) is 39.9 Å². The number of hydrogen-bond donors (Lipinski definition) is 2. The highest BCUT2D eigenvalue weighted by atomic mass is 28.3. The van der Waals surface area contributed by atoms with Gasteiger partial charge in [0.15, 0.2) is 11.5 Å². The predicted octanol–water partition coefficient (Wildman–Crippen LogP) is 5.31. The summed E-state index contributed by atoms with van der Waals surface area (Å²) in [6, 6.07) is 4.96. The zero-order chi connectivity index (χ0) is 33.5. The molecule has 5 heterocycles. The molecule has 47 heavy (non-hydrogen) atoms. The van der Waals surface area contributed by atoms with Gasteiger partial charge < -0.3 is 25.0 Å². The number of alkyl halides is 1. The molecule has 3 aromatic heterocycles. The Balaban J connectivity index is 1.29. The lowest BCUT2D eigenvalue weighted by Crippen LogP contribution is -2.30. The number of nitrogens with zero attached hydrogens (tertiary/aromatic N) is 7. The van der Waals surface area contributed by atoms with Crippen LogP contribution >= 0.6 is 0 Å². The van der Waals surface area contributed by atoms with Crippen molar-refractivity contribution in [1.29, 1.82) is 0 Å². The molecule has 15 heteroatoms. The molecule has 6 rings (SSSR count). The lowest BCUT2D eigenvalue weighted by Gasteiger charge is -2.25. The number of carbonyl (C=O) groups is 1. The molecule has 0 saturated carbocycles. The number of hydrogen-bond acceptors (Lipinski definition) is 9. The number of fused-ring (bicyclic) bond motifs is 1. The van der Waals surface area contributed by atoms with Crippen molar-refractivity contribution in [3.8, 4) is 0 Å². The van der Waals surface area contributed by atoms with E-state index in [0.29, 0.717) is 54.5 Å². The number of benzene rings is 1. The number of carbonyl (C=O) groups excluding carboxylic acids is 1.